The van der Waals surface area contributed by atoms with Gasteiger partial charge in [-0.25, -0.2) is 9.37 Å². The highest BCUT2D eigenvalue weighted by molar-refractivity contribution is 9.10. The van der Waals surface area contributed by atoms with Gasteiger partial charge in [0.2, 0.25) is 0 Å². The molecule has 2 rings (SSSR count). The van der Waals surface area contributed by atoms with E-state index in [1.54, 1.807) is 18.3 Å². The number of nitrogen functional groups attached to an aromatic ring is 1. The highest BCUT2D eigenvalue weighted by Gasteiger charge is 2.12. The van der Waals surface area contributed by atoms with Crippen molar-refractivity contribution < 1.29 is 4.39 Å². The van der Waals surface area contributed by atoms with Crippen LogP contribution in [0.25, 0.3) is 0 Å². The Morgan fingerprint density at radius 3 is 2.58 bits per heavy atom. The van der Waals surface area contributed by atoms with E-state index in [2.05, 4.69) is 20.9 Å². The van der Waals surface area contributed by atoms with E-state index in [0.29, 0.717) is 12.2 Å². The van der Waals surface area contributed by atoms with Gasteiger partial charge >= 0.3 is 0 Å². The molecule has 1 aromatic heterocycles. The van der Waals surface area contributed by atoms with Gasteiger partial charge in [-0.2, -0.15) is 0 Å². The van der Waals surface area contributed by atoms with E-state index in [1.807, 2.05) is 18.9 Å². The third kappa shape index (κ3) is 3.04. The van der Waals surface area contributed by atoms with E-state index < -0.39 is 0 Å². The van der Waals surface area contributed by atoms with Gasteiger partial charge in [0.25, 0.3) is 0 Å². The maximum atomic E-state index is 12.9. The molecule has 5 heteroatoms. The molecule has 0 radical (unpaired) electrons. The molecule has 0 aliphatic rings. The van der Waals surface area contributed by atoms with Gasteiger partial charge in [-0.3, -0.25) is 0 Å². The first-order valence-electron chi connectivity index (χ1n) is 5.85. The summed E-state index contributed by atoms with van der Waals surface area (Å²) in [5.74, 6) is 0.588. The molecule has 19 heavy (non-hydrogen) atoms. The van der Waals surface area contributed by atoms with Gasteiger partial charge in [0.1, 0.15) is 11.6 Å². The predicted octanol–water partition coefficient (Wildman–Crippen LogP) is 3.51. The number of hydrogen-bond donors (Lipinski definition) is 1. The number of rotatable bonds is 3. The molecule has 0 fully saturated rings. The zero-order valence-corrected chi connectivity index (χ0v) is 12.4. The highest BCUT2D eigenvalue weighted by Crippen LogP contribution is 2.30. The summed E-state index contributed by atoms with van der Waals surface area (Å²) in [5, 5.41) is 0. The van der Waals surface area contributed by atoms with Crippen molar-refractivity contribution in [2.24, 2.45) is 0 Å². The summed E-state index contributed by atoms with van der Waals surface area (Å²) in [5.41, 5.74) is 8.45. The quantitative estimate of drug-likeness (QED) is 0.939. The van der Waals surface area contributed by atoms with Gasteiger partial charge in [0.05, 0.1) is 16.4 Å². The lowest BCUT2D eigenvalue weighted by Crippen LogP contribution is -2.18. The topological polar surface area (TPSA) is 42.1 Å². The zero-order valence-electron chi connectivity index (χ0n) is 10.8. The molecule has 0 aliphatic carbocycles. The van der Waals surface area contributed by atoms with Crippen molar-refractivity contribution in [2.45, 2.75) is 13.5 Å². The molecule has 0 atom stereocenters. The number of nitrogens with zero attached hydrogens (tertiary/aromatic N) is 2. The van der Waals surface area contributed by atoms with Crippen molar-refractivity contribution in [1.82, 2.24) is 4.98 Å². The maximum absolute atomic E-state index is 12.9. The number of hydrogen-bond acceptors (Lipinski definition) is 3. The van der Waals surface area contributed by atoms with Crippen molar-refractivity contribution in [3.8, 4) is 0 Å². The fourth-order valence-corrected chi connectivity index (χ4v) is 2.42. The van der Waals surface area contributed by atoms with Gasteiger partial charge in [-0.05, 0) is 46.1 Å². The minimum Gasteiger partial charge on any atom is -0.397 e. The highest BCUT2D eigenvalue weighted by atomic mass is 79.9. The van der Waals surface area contributed by atoms with Crippen LogP contribution in [0.4, 0.5) is 15.9 Å². The van der Waals surface area contributed by atoms with Gasteiger partial charge < -0.3 is 10.6 Å². The second-order valence-electron chi connectivity index (χ2n) is 4.46. The van der Waals surface area contributed by atoms with Crippen LogP contribution in [-0.2, 0) is 6.54 Å². The first-order valence-corrected chi connectivity index (χ1v) is 6.64. The van der Waals surface area contributed by atoms with E-state index in [1.165, 1.54) is 12.1 Å². The molecule has 3 nitrogen and oxygen atoms in total. The molecule has 0 bridgehead atoms. The van der Waals surface area contributed by atoms with Gasteiger partial charge in [-0.15, -0.1) is 0 Å². The number of nitrogens with two attached hydrogens (primary N) is 1. The fourth-order valence-electron chi connectivity index (χ4n) is 1.78. The van der Waals surface area contributed by atoms with Crippen molar-refractivity contribution in [1.29, 1.82) is 0 Å². The Morgan fingerprint density at radius 1 is 1.32 bits per heavy atom. The van der Waals surface area contributed by atoms with Crippen LogP contribution in [-0.4, -0.2) is 12.0 Å². The summed E-state index contributed by atoms with van der Waals surface area (Å²) < 4.78 is 13.7. The minimum atomic E-state index is -0.228. The van der Waals surface area contributed by atoms with Crippen LogP contribution in [0.3, 0.4) is 0 Å². The summed E-state index contributed by atoms with van der Waals surface area (Å²) >= 11 is 3.51. The van der Waals surface area contributed by atoms with Crippen LogP contribution in [0.5, 0.6) is 0 Å². The van der Waals surface area contributed by atoms with Crippen LogP contribution in [0, 0.1) is 12.7 Å². The van der Waals surface area contributed by atoms with Crippen molar-refractivity contribution >= 4 is 27.4 Å². The predicted molar refractivity (Wildman–Crippen MR) is 79.6 cm³/mol. The average molecular weight is 324 g/mol. The Bertz CT molecular complexity index is 584. The molecule has 1 aromatic carbocycles. The Kier molecular flexibility index (Phi) is 4.04. The molecule has 0 unspecified atom stereocenters. The summed E-state index contributed by atoms with van der Waals surface area (Å²) in [6.45, 7) is 2.59. The summed E-state index contributed by atoms with van der Waals surface area (Å²) in [4.78, 5) is 6.32. The summed E-state index contributed by atoms with van der Waals surface area (Å²) in [6.07, 6.45) is 1.65. The Balaban J connectivity index is 2.23. The van der Waals surface area contributed by atoms with Crippen molar-refractivity contribution in [2.75, 3.05) is 17.7 Å². The van der Waals surface area contributed by atoms with Crippen LogP contribution in [0.2, 0.25) is 0 Å². The smallest absolute Gasteiger partial charge is 0.143 e. The normalized spacial score (nSPS) is 10.5. The summed E-state index contributed by atoms with van der Waals surface area (Å²) in [6, 6.07) is 6.45. The molecule has 2 N–H and O–H groups in total. The van der Waals surface area contributed by atoms with Crippen LogP contribution in [0.15, 0.2) is 34.9 Å². The lowest BCUT2D eigenvalue weighted by Gasteiger charge is -2.21. The molecule has 0 saturated carbocycles. The largest absolute Gasteiger partial charge is 0.397 e. The molecular formula is C14H15BrFN3. The lowest BCUT2D eigenvalue weighted by molar-refractivity contribution is 0.627. The lowest BCUT2D eigenvalue weighted by atomic mass is 10.2. The Morgan fingerprint density at radius 2 is 1.95 bits per heavy atom. The van der Waals surface area contributed by atoms with E-state index in [4.69, 9.17) is 5.73 Å². The molecular weight excluding hydrogens is 309 g/mol. The molecule has 100 valence electrons. The van der Waals surface area contributed by atoms with Crippen LogP contribution < -0.4 is 10.6 Å². The maximum Gasteiger partial charge on any atom is 0.143 e. The van der Waals surface area contributed by atoms with Gasteiger partial charge in [0.15, 0.2) is 0 Å². The second-order valence-corrected chi connectivity index (χ2v) is 5.25. The first kappa shape index (κ1) is 13.8. The number of pyridine rings is 1. The molecule has 2 aromatic rings. The molecule has 0 aliphatic heterocycles. The van der Waals surface area contributed by atoms with E-state index in [0.717, 1.165) is 21.4 Å². The number of halogens is 2. The van der Waals surface area contributed by atoms with Crippen LogP contribution >= 0.6 is 15.9 Å². The van der Waals surface area contributed by atoms with Gasteiger partial charge in [-0.1, -0.05) is 12.1 Å². The third-order valence-corrected chi connectivity index (χ3v) is 3.93. The van der Waals surface area contributed by atoms with Gasteiger partial charge in [0, 0.05) is 13.6 Å². The SMILES string of the molecule is Cc1c(N)cnc(N(C)Cc2ccc(F)cc2)c1Br. The van der Waals surface area contributed by atoms with E-state index in [-0.39, 0.29) is 5.82 Å². The second kappa shape index (κ2) is 5.57. The molecule has 1 heterocycles. The van der Waals surface area contributed by atoms with Crippen molar-refractivity contribution in [3.63, 3.8) is 0 Å². The Hall–Kier alpha value is -1.62. The fraction of sp³-hybridized carbons (Fsp3) is 0.214. The molecule has 0 spiro atoms. The van der Waals surface area contributed by atoms with E-state index in [9.17, 15) is 4.39 Å². The van der Waals surface area contributed by atoms with Crippen molar-refractivity contribution in [3.05, 3.63) is 51.9 Å². The zero-order chi connectivity index (χ0) is 14.0. The average Bonchev–Trinajstić information content (AvgIpc) is 2.39. The Labute approximate surface area is 120 Å². The summed E-state index contributed by atoms with van der Waals surface area (Å²) in [7, 11) is 1.94. The van der Waals surface area contributed by atoms with E-state index >= 15 is 0 Å². The molecule has 0 saturated heterocycles. The number of benzene rings is 1. The monoisotopic (exact) mass is 323 g/mol. The standard InChI is InChI=1S/C14H15BrFN3/c1-9-12(17)7-18-14(13(9)15)19(2)8-10-3-5-11(16)6-4-10/h3-7H,8,17H2,1-2H3. The minimum absolute atomic E-state index is 0.228. The van der Waals surface area contributed by atoms with Crippen LogP contribution in [0.1, 0.15) is 11.1 Å². The number of anilines is 2. The number of aromatic nitrogens is 1. The molecule has 0 amide bonds. The first-order chi connectivity index (χ1) is 8.99. The third-order valence-electron chi connectivity index (χ3n) is 2.98.